The van der Waals surface area contributed by atoms with Crippen molar-refractivity contribution in [2.45, 2.75) is 13.1 Å². The molecule has 4 nitrogen and oxygen atoms in total. The summed E-state index contributed by atoms with van der Waals surface area (Å²) in [5.41, 5.74) is 8.99. The summed E-state index contributed by atoms with van der Waals surface area (Å²) in [6, 6.07) is 11.5. The van der Waals surface area contributed by atoms with Gasteiger partial charge < -0.3 is 10.6 Å². The number of hydrogen-bond acceptors (Lipinski definition) is 3. The smallest absolute Gasteiger partial charge is 0.273 e. The van der Waals surface area contributed by atoms with E-state index in [4.69, 9.17) is 18.0 Å². The first kappa shape index (κ1) is 12.7. The summed E-state index contributed by atoms with van der Waals surface area (Å²) in [6.45, 7) is 1.27. The van der Waals surface area contributed by atoms with E-state index in [1.165, 1.54) is 11.1 Å². The third-order valence-corrected chi connectivity index (χ3v) is 3.63. The van der Waals surface area contributed by atoms with Gasteiger partial charge in [0.05, 0.1) is 0 Å². The molecule has 5 heteroatoms. The second kappa shape index (κ2) is 5.02. The minimum absolute atomic E-state index is 0.0734. The SMILES string of the molecule is NC(=S)c1ccc(C(=O)N2Cc3ccccc3C2)nc1. The van der Waals surface area contributed by atoms with Crippen LogP contribution in [-0.2, 0) is 13.1 Å². The molecule has 0 bridgehead atoms. The number of nitrogens with two attached hydrogens (primary N) is 1. The summed E-state index contributed by atoms with van der Waals surface area (Å²) in [6.07, 6.45) is 1.54. The highest BCUT2D eigenvalue weighted by atomic mass is 32.1. The van der Waals surface area contributed by atoms with Gasteiger partial charge in [-0.1, -0.05) is 36.5 Å². The van der Waals surface area contributed by atoms with Crippen molar-refractivity contribution in [1.82, 2.24) is 9.88 Å². The predicted molar refractivity (Wildman–Crippen MR) is 80.1 cm³/mol. The number of benzene rings is 1. The average molecular weight is 283 g/mol. The van der Waals surface area contributed by atoms with Crippen molar-refractivity contribution in [2.24, 2.45) is 5.73 Å². The lowest BCUT2D eigenvalue weighted by molar-refractivity contribution is 0.0745. The Morgan fingerprint density at radius 3 is 2.30 bits per heavy atom. The third-order valence-electron chi connectivity index (χ3n) is 3.40. The van der Waals surface area contributed by atoms with Crippen LogP contribution in [-0.4, -0.2) is 20.8 Å². The van der Waals surface area contributed by atoms with E-state index in [1.807, 2.05) is 24.3 Å². The van der Waals surface area contributed by atoms with E-state index in [0.717, 1.165) is 0 Å². The van der Waals surface area contributed by atoms with E-state index < -0.39 is 0 Å². The fourth-order valence-corrected chi connectivity index (χ4v) is 2.43. The Kier molecular flexibility index (Phi) is 3.20. The molecule has 100 valence electrons. The first-order valence-electron chi connectivity index (χ1n) is 6.27. The van der Waals surface area contributed by atoms with Crippen molar-refractivity contribution in [1.29, 1.82) is 0 Å². The molecule has 2 aromatic rings. The van der Waals surface area contributed by atoms with Crippen molar-refractivity contribution in [3.8, 4) is 0 Å². The lowest BCUT2D eigenvalue weighted by Crippen LogP contribution is -2.26. The number of carbonyl (C=O) groups is 1. The molecule has 0 radical (unpaired) electrons. The molecule has 0 fully saturated rings. The van der Waals surface area contributed by atoms with Gasteiger partial charge in [0.2, 0.25) is 0 Å². The Hall–Kier alpha value is -2.27. The summed E-state index contributed by atoms with van der Waals surface area (Å²) in [5, 5.41) is 0. The van der Waals surface area contributed by atoms with Gasteiger partial charge in [0.25, 0.3) is 5.91 Å². The van der Waals surface area contributed by atoms with Crippen LogP contribution in [0.1, 0.15) is 27.2 Å². The Morgan fingerprint density at radius 2 is 1.80 bits per heavy atom. The van der Waals surface area contributed by atoms with Crippen LogP contribution in [0.2, 0.25) is 0 Å². The molecule has 3 rings (SSSR count). The number of carbonyl (C=O) groups excluding carboxylic acids is 1. The van der Waals surface area contributed by atoms with Crippen molar-refractivity contribution < 1.29 is 4.79 Å². The molecular formula is C15H13N3OS. The Labute approximate surface area is 122 Å². The molecule has 1 amide bonds. The molecule has 1 aliphatic rings. The Balaban J connectivity index is 1.79. The second-order valence-corrected chi connectivity index (χ2v) is 5.17. The maximum atomic E-state index is 12.4. The summed E-state index contributed by atoms with van der Waals surface area (Å²) in [7, 11) is 0. The number of aromatic nitrogens is 1. The van der Waals surface area contributed by atoms with Gasteiger partial charge in [0.1, 0.15) is 10.7 Å². The predicted octanol–water partition coefficient (Wildman–Crippen LogP) is 1.87. The first-order chi connectivity index (χ1) is 9.65. The van der Waals surface area contributed by atoms with Crippen molar-refractivity contribution in [3.05, 3.63) is 65.0 Å². The lowest BCUT2D eigenvalue weighted by Gasteiger charge is -2.14. The van der Waals surface area contributed by atoms with E-state index in [1.54, 1.807) is 23.2 Å². The van der Waals surface area contributed by atoms with Crippen LogP contribution in [0.25, 0.3) is 0 Å². The first-order valence-corrected chi connectivity index (χ1v) is 6.68. The topological polar surface area (TPSA) is 59.2 Å². The number of nitrogens with zero attached hydrogens (tertiary/aromatic N) is 2. The number of amides is 1. The molecule has 2 heterocycles. The number of rotatable bonds is 2. The molecule has 0 aliphatic carbocycles. The standard InChI is InChI=1S/C15H13N3OS/c16-14(20)10-5-6-13(17-7-10)15(19)18-8-11-3-1-2-4-12(11)9-18/h1-7H,8-9H2,(H2,16,20). The van der Waals surface area contributed by atoms with E-state index >= 15 is 0 Å². The van der Waals surface area contributed by atoms with Gasteiger partial charge >= 0.3 is 0 Å². The van der Waals surface area contributed by atoms with Crippen LogP contribution >= 0.6 is 12.2 Å². The summed E-state index contributed by atoms with van der Waals surface area (Å²) >= 11 is 4.87. The van der Waals surface area contributed by atoms with Crippen LogP contribution < -0.4 is 5.73 Å². The molecule has 2 N–H and O–H groups in total. The van der Waals surface area contributed by atoms with Crippen LogP contribution in [0, 0.1) is 0 Å². The molecule has 0 unspecified atom stereocenters. The van der Waals surface area contributed by atoms with Gasteiger partial charge in [-0.25, -0.2) is 0 Å². The van der Waals surface area contributed by atoms with Crippen molar-refractivity contribution in [3.63, 3.8) is 0 Å². The van der Waals surface area contributed by atoms with E-state index in [0.29, 0.717) is 24.3 Å². The molecule has 0 saturated carbocycles. The minimum atomic E-state index is -0.0734. The summed E-state index contributed by atoms with van der Waals surface area (Å²) < 4.78 is 0. The molecule has 1 aromatic carbocycles. The van der Waals surface area contributed by atoms with Gasteiger partial charge in [-0.15, -0.1) is 0 Å². The van der Waals surface area contributed by atoms with Crippen LogP contribution in [0.3, 0.4) is 0 Å². The molecule has 20 heavy (non-hydrogen) atoms. The zero-order chi connectivity index (χ0) is 14.1. The summed E-state index contributed by atoms with van der Waals surface area (Å²) in [4.78, 5) is 18.6. The quantitative estimate of drug-likeness (QED) is 0.855. The molecule has 0 spiro atoms. The van der Waals surface area contributed by atoms with Gasteiger partial charge in [0.15, 0.2) is 0 Å². The highest BCUT2D eigenvalue weighted by Crippen LogP contribution is 2.23. The minimum Gasteiger partial charge on any atom is -0.389 e. The van der Waals surface area contributed by atoms with Gasteiger partial charge in [-0.05, 0) is 23.3 Å². The van der Waals surface area contributed by atoms with Crippen LogP contribution in [0.4, 0.5) is 0 Å². The normalized spacial score (nSPS) is 13.1. The number of fused-ring (bicyclic) bond motifs is 1. The second-order valence-electron chi connectivity index (χ2n) is 4.73. The van der Waals surface area contributed by atoms with Gasteiger partial charge in [0, 0.05) is 24.8 Å². The van der Waals surface area contributed by atoms with Gasteiger partial charge in [-0.3, -0.25) is 9.78 Å². The number of hydrogen-bond donors (Lipinski definition) is 1. The maximum Gasteiger partial charge on any atom is 0.273 e. The maximum absolute atomic E-state index is 12.4. The van der Waals surface area contributed by atoms with E-state index in [2.05, 4.69) is 4.98 Å². The summed E-state index contributed by atoms with van der Waals surface area (Å²) in [5.74, 6) is -0.0734. The Bertz CT molecular complexity index is 657. The fourth-order valence-electron chi connectivity index (χ4n) is 2.30. The monoisotopic (exact) mass is 283 g/mol. The lowest BCUT2D eigenvalue weighted by atomic mass is 10.1. The van der Waals surface area contributed by atoms with Crippen molar-refractivity contribution in [2.75, 3.05) is 0 Å². The van der Waals surface area contributed by atoms with E-state index in [-0.39, 0.29) is 10.9 Å². The molecule has 0 saturated heterocycles. The third kappa shape index (κ3) is 2.28. The Morgan fingerprint density at radius 1 is 1.15 bits per heavy atom. The molecular weight excluding hydrogens is 270 g/mol. The highest BCUT2D eigenvalue weighted by molar-refractivity contribution is 7.80. The molecule has 1 aliphatic heterocycles. The zero-order valence-corrected chi connectivity index (χ0v) is 11.6. The number of pyridine rings is 1. The van der Waals surface area contributed by atoms with Crippen LogP contribution in [0.5, 0.6) is 0 Å². The fraction of sp³-hybridized carbons (Fsp3) is 0.133. The van der Waals surface area contributed by atoms with Crippen molar-refractivity contribution >= 4 is 23.1 Å². The van der Waals surface area contributed by atoms with E-state index in [9.17, 15) is 4.79 Å². The average Bonchev–Trinajstić information content (AvgIpc) is 2.90. The molecule has 0 atom stereocenters. The molecule has 1 aromatic heterocycles. The highest BCUT2D eigenvalue weighted by Gasteiger charge is 2.24. The van der Waals surface area contributed by atoms with Crippen LogP contribution in [0.15, 0.2) is 42.6 Å². The zero-order valence-electron chi connectivity index (χ0n) is 10.7. The largest absolute Gasteiger partial charge is 0.389 e. The number of thiocarbonyl (C=S) groups is 1. The van der Waals surface area contributed by atoms with Gasteiger partial charge in [-0.2, -0.15) is 0 Å².